The first-order valence-corrected chi connectivity index (χ1v) is 7.80. The van der Waals surface area contributed by atoms with Crippen LogP contribution in [0.5, 0.6) is 0 Å². The van der Waals surface area contributed by atoms with Gasteiger partial charge >= 0.3 is 0 Å². The normalized spacial score (nSPS) is 12.7. The third kappa shape index (κ3) is 3.78. The van der Waals surface area contributed by atoms with Crippen molar-refractivity contribution in [3.8, 4) is 0 Å². The Labute approximate surface area is 115 Å². The first-order valence-electron chi connectivity index (χ1n) is 6.32. The molecule has 0 fully saturated rings. The third-order valence-electron chi connectivity index (χ3n) is 3.00. The molecule has 0 aliphatic rings. The molecule has 108 valence electrons. The average Bonchev–Trinajstić information content (AvgIpc) is 2.23. The van der Waals surface area contributed by atoms with E-state index in [1.165, 1.54) is 0 Å². The van der Waals surface area contributed by atoms with Crippen molar-refractivity contribution >= 4 is 10.0 Å². The van der Waals surface area contributed by atoms with Crippen LogP contribution in [0.1, 0.15) is 37.5 Å². The minimum absolute atomic E-state index is 0.0175. The molecule has 0 saturated heterocycles. The number of hydrogen-bond acceptors (Lipinski definition) is 3. The number of benzene rings is 1. The third-order valence-corrected chi connectivity index (χ3v) is 4.76. The van der Waals surface area contributed by atoms with Crippen LogP contribution >= 0.6 is 0 Å². The highest BCUT2D eigenvalue weighted by Gasteiger charge is 2.22. The molecule has 0 spiro atoms. The number of nitrogens with one attached hydrogen (secondary N) is 1. The Kier molecular flexibility index (Phi) is 4.76. The first-order chi connectivity index (χ1) is 8.59. The molecule has 0 atom stereocenters. The molecule has 5 heteroatoms. The summed E-state index contributed by atoms with van der Waals surface area (Å²) < 4.78 is 26.7. The van der Waals surface area contributed by atoms with Crippen molar-refractivity contribution < 1.29 is 13.5 Å². The van der Waals surface area contributed by atoms with Crippen molar-refractivity contribution in [3.05, 3.63) is 28.8 Å². The van der Waals surface area contributed by atoms with Crippen molar-refractivity contribution in [2.45, 2.75) is 44.9 Å². The Morgan fingerprint density at radius 3 is 2.00 bits per heavy atom. The molecule has 0 saturated carbocycles. The van der Waals surface area contributed by atoms with Gasteiger partial charge in [-0.1, -0.05) is 32.9 Å². The quantitative estimate of drug-likeness (QED) is 0.887. The van der Waals surface area contributed by atoms with Gasteiger partial charge < -0.3 is 5.11 Å². The fourth-order valence-electron chi connectivity index (χ4n) is 2.06. The fraction of sp³-hybridized carbons (Fsp3) is 0.571. The number of aryl methyl sites for hydroxylation is 2. The zero-order valence-electron chi connectivity index (χ0n) is 12.2. The van der Waals surface area contributed by atoms with Crippen LogP contribution in [0.3, 0.4) is 0 Å². The predicted molar refractivity (Wildman–Crippen MR) is 76.9 cm³/mol. The summed E-state index contributed by atoms with van der Waals surface area (Å²) in [5, 5.41) is 8.74. The second-order valence-electron chi connectivity index (χ2n) is 5.81. The van der Waals surface area contributed by atoms with Crippen LogP contribution in [0.2, 0.25) is 0 Å². The van der Waals surface area contributed by atoms with Crippen molar-refractivity contribution in [1.82, 2.24) is 4.72 Å². The Bertz CT molecular complexity index is 534. The summed E-state index contributed by atoms with van der Waals surface area (Å²) in [5.74, 6) is 0. The lowest BCUT2D eigenvalue weighted by molar-refractivity contribution is 0.301. The molecule has 0 amide bonds. The summed E-state index contributed by atoms with van der Waals surface area (Å²) in [4.78, 5) is 0.314. The zero-order valence-corrected chi connectivity index (χ0v) is 13.1. The zero-order chi connectivity index (χ0) is 14.8. The molecular weight excluding hydrogens is 262 g/mol. The summed E-state index contributed by atoms with van der Waals surface area (Å²) in [6.07, 6.45) is 0. The van der Waals surface area contributed by atoms with Crippen LogP contribution < -0.4 is 4.72 Å². The monoisotopic (exact) mass is 285 g/mol. The molecule has 1 aromatic rings. The second kappa shape index (κ2) is 5.61. The Hall–Kier alpha value is -0.910. The van der Waals surface area contributed by atoms with Crippen LogP contribution in [0.4, 0.5) is 0 Å². The lowest BCUT2D eigenvalue weighted by Gasteiger charge is -2.22. The Balaban J connectivity index is 3.33. The van der Waals surface area contributed by atoms with Crippen LogP contribution in [0.15, 0.2) is 17.0 Å². The number of hydrogen-bond donors (Lipinski definition) is 2. The summed E-state index contributed by atoms with van der Waals surface area (Å²) in [5.41, 5.74) is 2.56. The highest BCUT2D eigenvalue weighted by atomic mass is 32.2. The van der Waals surface area contributed by atoms with E-state index in [2.05, 4.69) is 25.5 Å². The topological polar surface area (TPSA) is 66.4 Å². The maximum Gasteiger partial charge on any atom is 0.241 e. The predicted octanol–water partition coefficient (Wildman–Crippen LogP) is 1.87. The smallest absolute Gasteiger partial charge is 0.241 e. The van der Waals surface area contributed by atoms with E-state index in [0.29, 0.717) is 4.90 Å². The minimum atomic E-state index is -3.56. The number of sulfonamides is 1. The molecule has 0 radical (unpaired) electrons. The summed E-state index contributed by atoms with van der Waals surface area (Å²) in [6.45, 7) is 9.71. The van der Waals surface area contributed by atoms with Crippen LogP contribution in [0, 0.1) is 13.8 Å². The van der Waals surface area contributed by atoms with E-state index < -0.39 is 10.0 Å². The molecule has 4 nitrogen and oxygen atoms in total. The molecule has 1 aromatic carbocycles. The molecule has 2 N–H and O–H groups in total. The highest BCUT2D eigenvalue weighted by molar-refractivity contribution is 7.89. The maximum atomic E-state index is 12.2. The average molecular weight is 285 g/mol. The lowest BCUT2D eigenvalue weighted by atomic mass is 9.85. The van der Waals surface area contributed by atoms with E-state index in [-0.39, 0.29) is 18.6 Å². The SMILES string of the molecule is Cc1cc(C(C)(C)C)cc(C)c1S(=O)(=O)NCCO. The molecule has 0 heterocycles. The van der Waals surface area contributed by atoms with Crippen molar-refractivity contribution in [3.63, 3.8) is 0 Å². The van der Waals surface area contributed by atoms with E-state index >= 15 is 0 Å². The van der Waals surface area contributed by atoms with Gasteiger partial charge in [-0.05, 0) is 36.0 Å². The van der Waals surface area contributed by atoms with Crippen LogP contribution in [-0.2, 0) is 15.4 Å². The molecule has 0 aliphatic heterocycles. The molecule has 19 heavy (non-hydrogen) atoms. The van der Waals surface area contributed by atoms with Gasteiger partial charge in [0.1, 0.15) is 0 Å². The minimum Gasteiger partial charge on any atom is -0.395 e. The molecule has 0 bridgehead atoms. The van der Waals surface area contributed by atoms with Gasteiger partial charge in [-0.3, -0.25) is 0 Å². The molecule has 0 aliphatic carbocycles. The van der Waals surface area contributed by atoms with Gasteiger partial charge in [-0.2, -0.15) is 0 Å². The van der Waals surface area contributed by atoms with E-state index in [9.17, 15) is 8.42 Å². The van der Waals surface area contributed by atoms with Gasteiger partial charge in [-0.15, -0.1) is 0 Å². The molecule has 0 unspecified atom stereocenters. The van der Waals surface area contributed by atoms with Crippen molar-refractivity contribution in [2.24, 2.45) is 0 Å². The molecule has 0 aromatic heterocycles. The number of aliphatic hydroxyl groups is 1. The summed E-state index contributed by atoms with van der Waals surface area (Å²) in [7, 11) is -3.56. The van der Waals surface area contributed by atoms with Gasteiger partial charge in [0, 0.05) is 6.54 Å². The van der Waals surface area contributed by atoms with E-state index in [0.717, 1.165) is 16.7 Å². The van der Waals surface area contributed by atoms with E-state index in [1.807, 2.05) is 12.1 Å². The van der Waals surface area contributed by atoms with Gasteiger partial charge in [0.25, 0.3) is 0 Å². The summed E-state index contributed by atoms with van der Waals surface area (Å²) in [6, 6.07) is 3.83. The lowest BCUT2D eigenvalue weighted by Crippen LogP contribution is -2.28. The van der Waals surface area contributed by atoms with Gasteiger partial charge in [0.05, 0.1) is 11.5 Å². The second-order valence-corrected chi connectivity index (χ2v) is 7.51. The van der Waals surface area contributed by atoms with Gasteiger partial charge in [0.2, 0.25) is 10.0 Å². The van der Waals surface area contributed by atoms with Crippen molar-refractivity contribution in [1.29, 1.82) is 0 Å². The van der Waals surface area contributed by atoms with E-state index in [1.54, 1.807) is 13.8 Å². The summed E-state index contributed by atoms with van der Waals surface area (Å²) >= 11 is 0. The van der Waals surface area contributed by atoms with E-state index in [4.69, 9.17) is 5.11 Å². The van der Waals surface area contributed by atoms with Gasteiger partial charge in [-0.25, -0.2) is 13.1 Å². The fourth-order valence-corrected chi connectivity index (χ4v) is 3.53. The largest absolute Gasteiger partial charge is 0.395 e. The Morgan fingerprint density at radius 2 is 1.63 bits per heavy atom. The molecule has 1 rings (SSSR count). The Morgan fingerprint density at radius 1 is 1.16 bits per heavy atom. The maximum absolute atomic E-state index is 12.2. The van der Waals surface area contributed by atoms with Crippen LogP contribution in [-0.4, -0.2) is 26.7 Å². The molecular formula is C14H23NO3S. The van der Waals surface area contributed by atoms with Crippen molar-refractivity contribution in [2.75, 3.05) is 13.2 Å². The standard InChI is InChI=1S/C14H23NO3S/c1-10-8-12(14(3,4)5)9-11(2)13(10)19(17,18)15-6-7-16/h8-9,15-16H,6-7H2,1-5H3. The van der Waals surface area contributed by atoms with Gasteiger partial charge in [0.15, 0.2) is 0 Å². The van der Waals surface area contributed by atoms with Crippen LogP contribution in [0.25, 0.3) is 0 Å². The number of aliphatic hydroxyl groups excluding tert-OH is 1. The highest BCUT2D eigenvalue weighted by Crippen LogP contribution is 2.28. The first kappa shape index (κ1) is 16.1. The number of rotatable bonds is 4.